The molecule has 0 saturated heterocycles. The maximum absolute atomic E-state index is 10.5. The number of para-hydroxylation sites is 1. The molecule has 2 aromatic rings. The second kappa shape index (κ2) is 7.24. The van der Waals surface area contributed by atoms with Crippen molar-refractivity contribution in [2.75, 3.05) is 0 Å². The number of halogens is 1. The molecule has 21 heavy (non-hydrogen) atoms. The van der Waals surface area contributed by atoms with Crippen molar-refractivity contribution < 1.29 is 9.53 Å². The Morgan fingerprint density at radius 3 is 3.00 bits per heavy atom. The molecule has 0 atom stereocenters. The van der Waals surface area contributed by atoms with Crippen LogP contribution in [-0.4, -0.2) is 12.2 Å². The zero-order chi connectivity index (χ0) is 15.2. The number of thiophene rings is 1. The van der Waals surface area contributed by atoms with Crippen molar-refractivity contribution in [2.24, 2.45) is 10.8 Å². The van der Waals surface area contributed by atoms with E-state index in [-0.39, 0.29) is 0 Å². The van der Waals surface area contributed by atoms with E-state index >= 15 is 0 Å². The number of ether oxygens (including phenoxy) is 1. The Kier molecular flexibility index (Phi) is 5.35. The van der Waals surface area contributed by atoms with E-state index < -0.39 is 6.03 Å². The van der Waals surface area contributed by atoms with Gasteiger partial charge >= 0.3 is 6.03 Å². The maximum atomic E-state index is 10.5. The highest BCUT2D eigenvalue weighted by Crippen LogP contribution is 2.26. The van der Waals surface area contributed by atoms with Gasteiger partial charge in [-0.1, -0.05) is 12.1 Å². The number of urea groups is 1. The number of carbonyl (C=O) groups is 1. The van der Waals surface area contributed by atoms with Crippen LogP contribution in [0.15, 0.2) is 39.9 Å². The number of nitrogens with zero attached hydrogens (tertiary/aromatic N) is 1. The molecule has 1 heterocycles. The Hall–Kier alpha value is -1.86. The van der Waals surface area contributed by atoms with E-state index in [9.17, 15) is 4.79 Å². The summed E-state index contributed by atoms with van der Waals surface area (Å²) in [5.41, 5.74) is 8.18. The lowest BCUT2D eigenvalue weighted by Gasteiger charge is -2.07. The number of nitrogens with one attached hydrogen (secondary N) is 1. The van der Waals surface area contributed by atoms with Crippen molar-refractivity contribution in [2.45, 2.75) is 13.5 Å². The fraction of sp³-hybridized carbons (Fsp3) is 0.143. The highest BCUT2D eigenvalue weighted by atomic mass is 79.9. The summed E-state index contributed by atoms with van der Waals surface area (Å²) in [5, 5.41) is 3.74. The molecule has 0 bridgehead atoms. The summed E-state index contributed by atoms with van der Waals surface area (Å²) in [4.78, 5) is 12.6. The maximum Gasteiger partial charge on any atom is 0.332 e. The zero-order valence-corrected chi connectivity index (χ0v) is 13.7. The van der Waals surface area contributed by atoms with Gasteiger partial charge in [0.1, 0.15) is 12.4 Å². The van der Waals surface area contributed by atoms with Crippen LogP contribution in [0.1, 0.15) is 15.3 Å². The van der Waals surface area contributed by atoms with Gasteiger partial charge < -0.3 is 10.5 Å². The van der Waals surface area contributed by atoms with Crippen molar-refractivity contribution in [3.63, 3.8) is 0 Å². The molecule has 1 aromatic heterocycles. The van der Waals surface area contributed by atoms with E-state index in [1.54, 1.807) is 17.6 Å². The quantitative estimate of drug-likeness (QED) is 0.627. The number of amides is 2. The van der Waals surface area contributed by atoms with E-state index in [4.69, 9.17) is 10.5 Å². The van der Waals surface area contributed by atoms with Crippen LogP contribution in [0.5, 0.6) is 5.75 Å². The fourth-order valence-electron chi connectivity index (χ4n) is 1.63. The topological polar surface area (TPSA) is 76.7 Å². The summed E-state index contributed by atoms with van der Waals surface area (Å²) in [6.07, 6.45) is 1.56. The molecule has 0 aliphatic heterocycles. The van der Waals surface area contributed by atoms with E-state index in [1.807, 2.05) is 37.3 Å². The lowest BCUT2D eigenvalue weighted by Crippen LogP contribution is -2.24. The molecule has 0 unspecified atom stereocenters. The molecule has 0 fully saturated rings. The monoisotopic (exact) mass is 367 g/mol. The van der Waals surface area contributed by atoms with Crippen LogP contribution in [0.2, 0.25) is 0 Å². The van der Waals surface area contributed by atoms with Crippen LogP contribution in [-0.2, 0) is 6.61 Å². The molecule has 2 amide bonds. The summed E-state index contributed by atoms with van der Waals surface area (Å²) < 4.78 is 6.71. The van der Waals surface area contributed by atoms with Crippen LogP contribution < -0.4 is 15.9 Å². The molecule has 0 saturated carbocycles. The van der Waals surface area contributed by atoms with Crippen molar-refractivity contribution in [1.82, 2.24) is 5.43 Å². The average Bonchev–Trinajstić information content (AvgIpc) is 2.78. The third kappa shape index (κ3) is 4.57. The van der Waals surface area contributed by atoms with Gasteiger partial charge in [-0.05, 0) is 41.1 Å². The van der Waals surface area contributed by atoms with Gasteiger partial charge in [0.15, 0.2) is 0 Å². The molecular weight excluding hydrogens is 354 g/mol. The van der Waals surface area contributed by atoms with Crippen molar-refractivity contribution in [3.05, 3.63) is 50.1 Å². The summed E-state index contributed by atoms with van der Waals surface area (Å²) in [7, 11) is 0. The lowest BCUT2D eigenvalue weighted by atomic mass is 10.2. The normalized spacial score (nSPS) is 10.8. The predicted molar refractivity (Wildman–Crippen MR) is 87.8 cm³/mol. The molecule has 1 aromatic carbocycles. The highest BCUT2D eigenvalue weighted by molar-refractivity contribution is 9.10. The first-order valence-electron chi connectivity index (χ1n) is 6.11. The largest absolute Gasteiger partial charge is 0.488 e. The molecule has 5 nitrogen and oxygen atoms in total. The van der Waals surface area contributed by atoms with E-state index in [2.05, 4.69) is 26.5 Å². The second-order valence-corrected chi connectivity index (χ2v) is 6.33. The number of hydrogen-bond acceptors (Lipinski definition) is 4. The lowest BCUT2D eigenvalue weighted by molar-refractivity contribution is 0.249. The number of nitrogens with two attached hydrogens (primary N) is 1. The van der Waals surface area contributed by atoms with Crippen LogP contribution in [0.3, 0.4) is 0 Å². The number of hydrazone groups is 1. The molecule has 0 radical (unpaired) electrons. The van der Waals surface area contributed by atoms with Gasteiger partial charge in [-0.3, -0.25) is 0 Å². The second-order valence-electron chi connectivity index (χ2n) is 4.18. The third-order valence-corrected chi connectivity index (χ3v) is 4.31. The standard InChI is InChI=1S/C14H14BrN3O2S/c1-9-10(6-11(21-9)7-17-18-14(16)19)8-20-13-5-3-2-4-12(13)15/h2-7H,8H2,1H3,(H3,16,18,19)/b17-7+. The van der Waals surface area contributed by atoms with E-state index in [0.717, 1.165) is 25.5 Å². The van der Waals surface area contributed by atoms with Crippen molar-refractivity contribution in [3.8, 4) is 5.75 Å². The smallest absolute Gasteiger partial charge is 0.332 e. The molecule has 3 N–H and O–H groups in total. The minimum Gasteiger partial charge on any atom is -0.488 e. The minimum absolute atomic E-state index is 0.474. The fourth-order valence-corrected chi connectivity index (χ4v) is 2.94. The first kappa shape index (κ1) is 15.5. The van der Waals surface area contributed by atoms with E-state index in [0.29, 0.717) is 6.61 Å². The first-order valence-corrected chi connectivity index (χ1v) is 7.72. The van der Waals surface area contributed by atoms with E-state index in [1.165, 1.54) is 0 Å². The number of primary amides is 1. The van der Waals surface area contributed by atoms with Gasteiger partial charge in [-0.15, -0.1) is 11.3 Å². The Bertz CT molecular complexity index is 670. The van der Waals surface area contributed by atoms with Gasteiger partial charge in [-0.25, -0.2) is 10.2 Å². The van der Waals surface area contributed by atoms with Gasteiger partial charge in [0.05, 0.1) is 10.7 Å². The van der Waals surface area contributed by atoms with Crippen molar-refractivity contribution >= 4 is 39.5 Å². The van der Waals surface area contributed by atoms with Gasteiger partial charge in [0, 0.05) is 15.3 Å². The zero-order valence-electron chi connectivity index (χ0n) is 11.3. The van der Waals surface area contributed by atoms with Gasteiger partial charge in [-0.2, -0.15) is 5.10 Å². The highest BCUT2D eigenvalue weighted by Gasteiger charge is 2.06. The summed E-state index contributed by atoms with van der Waals surface area (Å²) in [6.45, 7) is 2.49. The summed E-state index contributed by atoms with van der Waals surface area (Å²) in [6, 6.07) is 9.00. The molecular formula is C14H14BrN3O2S. The molecule has 0 aliphatic rings. The molecule has 0 aliphatic carbocycles. The SMILES string of the molecule is Cc1sc(/C=N/NC(N)=O)cc1COc1ccccc1Br. The third-order valence-electron chi connectivity index (χ3n) is 2.63. The van der Waals surface area contributed by atoms with Gasteiger partial charge in [0.25, 0.3) is 0 Å². The predicted octanol–water partition coefficient (Wildman–Crippen LogP) is 3.40. The minimum atomic E-state index is -0.683. The van der Waals surface area contributed by atoms with Crippen LogP contribution in [0.25, 0.3) is 0 Å². The molecule has 7 heteroatoms. The van der Waals surface area contributed by atoms with Crippen LogP contribution >= 0.6 is 27.3 Å². The Morgan fingerprint density at radius 2 is 2.29 bits per heavy atom. The molecule has 2 rings (SSSR count). The van der Waals surface area contributed by atoms with Gasteiger partial charge in [0.2, 0.25) is 0 Å². The number of carbonyl (C=O) groups excluding carboxylic acids is 1. The number of benzene rings is 1. The van der Waals surface area contributed by atoms with Crippen LogP contribution in [0.4, 0.5) is 4.79 Å². The molecule has 110 valence electrons. The summed E-state index contributed by atoms with van der Waals surface area (Å²) in [5.74, 6) is 0.800. The Labute approximate surface area is 134 Å². The summed E-state index contributed by atoms with van der Waals surface area (Å²) >= 11 is 5.02. The Morgan fingerprint density at radius 1 is 1.52 bits per heavy atom. The first-order chi connectivity index (χ1) is 10.1. The Balaban J connectivity index is 2.01. The number of rotatable bonds is 5. The van der Waals surface area contributed by atoms with Crippen LogP contribution in [0, 0.1) is 6.92 Å². The number of hydrogen-bond donors (Lipinski definition) is 2. The van der Waals surface area contributed by atoms with Crippen molar-refractivity contribution in [1.29, 1.82) is 0 Å². The number of aryl methyl sites for hydroxylation is 1. The molecule has 0 spiro atoms. The average molecular weight is 368 g/mol.